The highest BCUT2D eigenvalue weighted by Gasteiger charge is 2.15. The third kappa shape index (κ3) is 5.26. The molecule has 5 heteroatoms. The first-order valence-corrected chi connectivity index (χ1v) is 6.73. The largest absolute Gasteiger partial charge is 0.487 e. The maximum Gasteiger partial charge on any atom is 0.310 e. The van der Waals surface area contributed by atoms with Crippen LogP contribution in [0.4, 0.5) is 5.69 Å². The van der Waals surface area contributed by atoms with Gasteiger partial charge in [-0.25, -0.2) is 0 Å². The van der Waals surface area contributed by atoms with Crippen molar-refractivity contribution in [3.63, 3.8) is 0 Å². The highest BCUT2D eigenvalue weighted by Crippen LogP contribution is 2.28. The van der Waals surface area contributed by atoms with Crippen LogP contribution >= 0.6 is 0 Å². The van der Waals surface area contributed by atoms with Crippen LogP contribution < -0.4 is 10.1 Å². The Morgan fingerprint density at radius 2 is 2.11 bits per heavy atom. The Bertz CT molecular complexity index is 408. The van der Waals surface area contributed by atoms with Crippen LogP contribution in [0, 0.1) is 10.1 Å². The summed E-state index contributed by atoms with van der Waals surface area (Å²) in [5.74, 6) is 0.370. The van der Waals surface area contributed by atoms with Crippen molar-refractivity contribution in [1.82, 2.24) is 5.32 Å². The summed E-state index contributed by atoms with van der Waals surface area (Å²) in [7, 11) is 1.84. The van der Waals surface area contributed by atoms with E-state index < -0.39 is 4.92 Å². The number of rotatable bonds is 9. The SMILES string of the molecule is CCCCCCOc1cc(CNC)ccc1[N+](=O)[O-]. The van der Waals surface area contributed by atoms with Crippen LogP contribution in [0.5, 0.6) is 5.75 Å². The number of nitrogens with zero attached hydrogens (tertiary/aromatic N) is 1. The molecular formula is C14H22N2O3. The molecule has 0 aliphatic heterocycles. The predicted octanol–water partition coefficient (Wildman–Crippen LogP) is 3.27. The lowest BCUT2D eigenvalue weighted by atomic mass is 10.2. The molecule has 0 saturated carbocycles. The van der Waals surface area contributed by atoms with Gasteiger partial charge in [0.2, 0.25) is 0 Å². The zero-order chi connectivity index (χ0) is 14.1. The number of nitrogens with one attached hydrogen (secondary N) is 1. The first kappa shape index (κ1) is 15.4. The fourth-order valence-corrected chi connectivity index (χ4v) is 1.85. The maximum absolute atomic E-state index is 10.9. The monoisotopic (exact) mass is 266 g/mol. The molecule has 0 amide bonds. The minimum absolute atomic E-state index is 0.0374. The Morgan fingerprint density at radius 1 is 1.32 bits per heavy atom. The molecule has 0 bridgehead atoms. The lowest BCUT2D eigenvalue weighted by molar-refractivity contribution is -0.385. The summed E-state index contributed by atoms with van der Waals surface area (Å²) in [6.45, 7) is 3.35. The summed E-state index contributed by atoms with van der Waals surface area (Å²) in [5.41, 5.74) is 1.02. The lowest BCUT2D eigenvalue weighted by Gasteiger charge is -2.08. The van der Waals surface area contributed by atoms with Crippen LogP contribution in [0.2, 0.25) is 0 Å². The molecule has 1 rings (SSSR count). The van der Waals surface area contributed by atoms with Gasteiger partial charge in [-0.05, 0) is 25.1 Å². The van der Waals surface area contributed by atoms with Crippen molar-refractivity contribution in [1.29, 1.82) is 0 Å². The fraction of sp³-hybridized carbons (Fsp3) is 0.571. The van der Waals surface area contributed by atoms with Crippen molar-refractivity contribution < 1.29 is 9.66 Å². The van der Waals surface area contributed by atoms with Gasteiger partial charge in [0, 0.05) is 12.6 Å². The molecule has 1 N–H and O–H groups in total. The average molecular weight is 266 g/mol. The van der Waals surface area contributed by atoms with Crippen LogP contribution in [-0.2, 0) is 6.54 Å². The standard InChI is InChI=1S/C14H22N2O3/c1-3-4-5-6-9-19-14-10-12(11-15-2)7-8-13(14)16(17)18/h7-8,10,15H,3-6,9,11H2,1-2H3. The summed E-state index contributed by atoms with van der Waals surface area (Å²) >= 11 is 0. The Hall–Kier alpha value is -1.62. The maximum atomic E-state index is 10.9. The molecule has 1 aromatic rings. The highest BCUT2D eigenvalue weighted by atomic mass is 16.6. The Kier molecular flexibility index (Phi) is 6.89. The molecule has 0 fully saturated rings. The number of hydrogen-bond donors (Lipinski definition) is 1. The number of ether oxygens (including phenoxy) is 1. The molecule has 0 aromatic heterocycles. The van der Waals surface area contributed by atoms with E-state index in [4.69, 9.17) is 4.74 Å². The van der Waals surface area contributed by atoms with Crippen molar-refractivity contribution in [2.24, 2.45) is 0 Å². The zero-order valence-electron chi connectivity index (χ0n) is 11.6. The van der Waals surface area contributed by atoms with E-state index in [2.05, 4.69) is 12.2 Å². The van der Waals surface area contributed by atoms with Crippen LogP contribution in [0.3, 0.4) is 0 Å². The molecule has 1 aromatic carbocycles. The van der Waals surface area contributed by atoms with Gasteiger partial charge in [0.15, 0.2) is 5.75 Å². The summed E-state index contributed by atoms with van der Waals surface area (Å²) in [6.07, 6.45) is 4.37. The fourth-order valence-electron chi connectivity index (χ4n) is 1.85. The van der Waals surface area contributed by atoms with Gasteiger partial charge in [-0.2, -0.15) is 0 Å². The molecular weight excluding hydrogens is 244 g/mol. The Labute approximate surface area is 114 Å². The summed E-state index contributed by atoms with van der Waals surface area (Å²) < 4.78 is 5.56. The van der Waals surface area contributed by atoms with Gasteiger partial charge in [0.05, 0.1) is 11.5 Å². The quantitative estimate of drug-likeness (QED) is 0.423. The smallest absolute Gasteiger partial charge is 0.310 e. The van der Waals surface area contributed by atoms with Crippen LogP contribution in [0.25, 0.3) is 0 Å². The van der Waals surface area contributed by atoms with Crippen molar-refractivity contribution in [3.05, 3.63) is 33.9 Å². The second kappa shape index (κ2) is 8.48. The van der Waals surface area contributed by atoms with Crippen molar-refractivity contribution >= 4 is 5.69 Å². The predicted molar refractivity (Wildman–Crippen MR) is 75.5 cm³/mol. The molecule has 0 heterocycles. The van der Waals surface area contributed by atoms with Crippen molar-refractivity contribution in [3.8, 4) is 5.75 Å². The van der Waals surface area contributed by atoms with Crippen LogP contribution in [-0.4, -0.2) is 18.6 Å². The van der Waals surface area contributed by atoms with Gasteiger partial charge in [0.25, 0.3) is 0 Å². The van der Waals surface area contributed by atoms with Gasteiger partial charge in [-0.1, -0.05) is 32.3 Å². The van der Waals surface area contributed by atoms with Gasteiger partial charge in [-0.3, -0.25) is 10.1 Å². The first-order chi connectivity index (χ1) is 9.19. The second-order valence-corrected chi connectivity index (χ2v) is 4.50. The number of benzene rings is 1. The molecule has 0 aliphatic carbocycles. The highest BCUT2D eigenvalue weighted by molar-refractivity contribution is 5.48. The minimum Gasteiger partial charge on any atom is -0.487 e. The number of nitro benzene ring substituents is 1. The molecule has 0 aliphatic rings. The van der Waals surface area contributed by atoms with Gasteiger partial charge >= 0.3 is 5.69 Å². The minimum atomic E-state index is -0.398. The third-order valence-electron chi connectivity index (χ3n) is 2.86. The summed E-state index contributed by atoms with van der Waals surface area (Å²) in [6, 6.07) is 5.00. The Morgan fingerprint density at radius 3 is 2.74 bits per heavy atom. The van der Waals surface area contributed by atoms with E-state index in [1.54, 1.807) is 12.1 Å². The molecule has 0 radical (unpaired) electrons. The van der Waals surface area contributed by atoms with E-state index >= 15 is 0 Å². The third-order valence-corrected chi connectivity index (χ3v) is 2.86. The molecule has 5 nitrogen and oxygen atoms in total. The molecule has 0 saturated heterocycles. The molecule has 0 unspecified atom stereocenters. The Balaban J connectivity index is 2.66. The average Bonchev–Trinajstić information content (AvgIpc) is 2.39. The van der Waals surface area contributed by atoms with E-state index in [0.29, 0.717) is 18.9 Å². The van der Waals surface area contributed by atoms with Crippen molar-refractivity contribution in [2.75, 3.05) is 13.7 Å². The topological polar surface area (TPSA) is 64.4 Å². The summed E-state index contributed by atoms with van der Waals surface area (Å²) in [4.78, 5) is 10.5. The van der Waals surface area contributed by atoms with Crippen molar-refractivity contribution in [2.45, 2.75) is 39.2 Å². The summed E-state index contributed by atoms with van der Waals surface area (Å²) in [5, 5.41) is 14.0. The van der Waals surface area contributed by atoms with E-state index in [0.717, 1.165) is 24.8 Å². The molecule has 19 heavy (non-hydrogen) atoms. The van der Waals surface area contributed by atoms with E-state index in [1.807, 2.05) is 7.05 Å². The van der Waals surface area contributed by atoms with Gasteiger partial charge in [0.1, 0.15) is 0 Å². The van der Waals surface area contributed by atoms with Crippen LogP contribution in [0.1, 0.15) is 38.2 Å². The zero-order valence-corrected chi connectivity index (χ0v) is 11.6. The number of unbranched alkanes of at least 4 members (excludes halogenated alkanes) is 3. The van der Waals surface area contributed by atoms with E-state index in [-0.39, 0.29) is 5.69 Å². The number of hydrogen-bond acceptors (Lipinski definition) is 4. The molecule has 106 valence electrons. The van der Waals surface area contributed by atoms with E-state index in [9.17, 15) is 10.1 Å². The molecule has 0 atom stereocenters. The number of nitro groups is 1. The second-order valence-electron chi connectivity index (χ2n) is 4.50. The van der Waals surface area contributed by atoms with Crippen LogP contribution in [0.15, 0.2) is 18.2 Å². The normalized spacial score (nSPS) is 10.4. The van der Waals surface area contributed by atoms with Gasteiger partial charge < -0.3 is 10.1 Å². The first-order valence-electron chi connectivity index (χ1n) is 6.73. The lowest BCUT2D eigenvalue weighted by Crippen LogP contribution is -2.06. The van der Waals surface area contributed by atoms with E-state index in [1.165, 1.54) is 12.5 Å². The molecule has 0 spiro atoms. The van der Waals surface area contributed by atoms with Gasteiger partial charge in [-0.15, -0.1) is 0 Å².